The van der Waals surface area contributed by atoms with E-state index in [4.69, 9.17) is 4.98 Å². The predicted molar refractivity (Wildman–Crippen MR) is 97.5 cm³/mol. The maximum absolute atomic E-state index is 4.85. The van der Waals surface area contributed by atoms with Gasteiger partial charge in [-0.1, -0.05) is 52.7 Å². The Labute approximate surface area is 162 Å². The second-order valence-electron chi connectivity index (χ2n) is 7.91. The molecule has 0 N–H and O–H groups in total. The Balaban J connectivity index is 0.000000509. The summed E-state index contributed by atoms with van der Waals surface area (Å²) in [6.07, 6.45) is 0. The molecule has 124 valence electrons. The molecule has 0 aliphatic carbocycles. The van der Waals surface area contributed by atoms with Crippen molar-refractivity contribution in [2.45, 2.75) is 66.2 Å². The monoisotopic (exact) mass is 387 g/mol. The smallest absolute Gasteiger partial charge is 0.0467 e. The van der Waals surface area contributed by atoms with Gasteiger partial charge in [0.25, 0.3) is 0 Å². The largest absolute Gasteiger partial charge is 0.663 e. The van der Waals surface area contributed by atoms with Crippen LogP contribution in [0.4, 0.5) is 0 Å². The van der Waals surface area contributed by atoms with E-state index in [-0.39, 0.29) is 37.0 Å². The first-order chi connectivity index (χ1) is 10.0. The van der Waals surface area contributed by atoms with Gasteiger partial charge in [-0.2, -0.15) is 11.4 Å². The molecule has 0 aliphatic rings. The Hall–Kier alpha value is -0.747. The number of rotatable bonds is 0. The summed E-state index contributed by atoms with van der Waals surface area (Å²) in [6.45, 7) is 17.8. The second kappa shape index (κ2) is 8.93. The zero-order valence-electron chi connectivity index (χ0n) is 16.0. The molecular formula is C21H31NZr. The Kier molecular flexibility index (Phi) is 8.64. The summed E-state index contributed by atoms with van der Waals surface area (Å²) < 4.78 is 0. The molecule has 1 heterocycles. The molecule has 0 spiro atoms. The van der Waals surface area contributed by atoms with Crippen molar-refractivity contribution in [3.63, 3.8) is 0 Å². The van der Waals surface area contributed by atoms with Gasteiger partial charge in [0.2, 0.25) is 0 Å². The molecule has 1 nitrogen and oxygen atoms in total. The minimum Gasteiger partial charge on any atom is -0.663 e. The second-order valence-corrected chi connectivity index (χ2v) is 7.91. The van der Waals surface area contributed by atoms with E-state index in [1.54, 1.807) is 0 Å². The predicted octanol–water partition coefficient (Wildman–Crippen LogP) is 5.82. The third-order valence-corrected chi connectivity index (χ3v) is 3.70. The maximum Gasteiger partial charge on any atom is 0.0467 e. The van der Waals surface area contributed by atoms with Crippen molar-refractivity contribution in [2.75, 3.05) is 0 Å². The van der Waals surface area contributed by atoms with Crippen molar-refractivity contribution in [1.82, 2.24) is 4.98 Å². The van der Waals surface area contributed by atoms with Gasteiger partial charge in [0.15, 0.2) is 0 Å². The molecule has 2 aromatic rings. The molecule has 0 fully saturated rings. The molecule has 0 aliphatic heterocycles. The summed E-state index contributed by atoms with van der Waals surface area (Å²) >= 11 is 0. The van der Waals surface area contributed by atoms with Crippen LogP contribution in [0.15, 0.2) is 42.5 Å². The van der Waals surface area contributed by atoms with Crippen molar-refractivity contribution in [3.05, 3.63) is 65.0 Å². The number of hydrogen-bond acceptors (Lipinski definition) is 0. The van der Waals surface area contributed by atoms with E-state index >= 15 is 0 Å². The topological polar surface area (TPSA) is 14.1 Å². The molecule has 0 amide bonds. The van der Waals surface area contributed by atoms with Crippen LogP contribution in [-0.2, 0) is 37.0 Å². The Morgan fingerprint density at radius 2 is 1.04 bits per heavy atom. The third-order valence-electron chi connectivity index (χ3n) is 3.70. The van der Waals surface area contributed by atoms with Crippen molar-refractivity contribution >= 4 is 0 Å². The SMILES string of the molecule is Cc1c(C(C)(C)C)[n-]c(C(C)(C)C)c1C.[Zr].c1ccc[cH+]cc1. The molecule has 23 heavy (non-hydrogen) atoms. The average molecular weight is 389 g/mol. The fourth-order valence-electron chi connectivity index (χ4n) is 2.54. The molecule has 0 radical (unpaired) electrons. The fourth-order valence-corrected chi connectivity index (χ4v) is 2.54. The van der Waals surface area contributed by atoms with Gasteiger partial charge in [-0.25, -0.2) is 0 Å². The molecule has 1 aromatic carbocycles. The van der Waals surface area contributed by atoms with E-state index in [0.717, 1.165) is 0 Å². The van der Waals surface area contributed by atoms with Gasteiger partial charge in [0, 0.05) is 68.7 Å². The minimum absolute atomic E-state index is 0. The van der Waals surface area contributed by atoms with Crippen LogP contribution in [-0.4, -0.2) is 0 Å². The maximum atomic E-state index is 4.85. The summed E-state index contributed by atoms with van der Waals surface area (Å²) in [5.41, 5.74) is 5.55. The zero-order valence-corrected chi connectivity index (χ0v) is 18.4. The molecule has 1 aromatic heterocycles. The average Bonchev–Trinajstić information content (AvgIpc) is 2.60. The van der Waals surface area contributed by atoms with Crippen LogP contribution in [0.2, 0.25) is 0 Å². The summed E-state index contributed by atoms with van der Waals surface area (Å²) in [4.78, 5) is 4.85. The molecule has 2 rings (SSSR count). The van der Waals surface area contributed by atoms with Crippen LogP contribution < -0.4 is 4.98 Å². The first-order valence-corrected chi connectivity index (χ1v) is 8.03. The number of hydrogen-bond donors (Lipinski definition) is 0. The van der Waals surface area contributed by atoms with E-state index in [9.17, 15) is 0 Å². The van der Waals surface area contributed by atoms with Crippen LogP contribution in [0, 0.1) is 13.8 Å². The van der Waals surface area contributed by atoms with Gasteiger partial charge in [0.05, 0.1) is 0 Å². The van der Waals surface area contributed by atoms with Crippen molar-refractivity contribution in [2.24, 2.45) is 0 Å². The van der Waals surface area contributed by atoms with Crippen molar-refractivity contribution in [1.29, 1.82) is 0 Å². The molecule has 0 saturated heterocycles. The van der Waals surface area contributed by atoms with E-state index in [2.05, 4.69) is 55.4 Å². The van der Waals surface area contributed by atoms with E-state index < -0.39 is 0 Å². The van der Waals surface area contributed by atoms with Gasteiger partial charge in [-0.05, 0) is 24.7 Å². The summed E-state index contributed by atoms with van der Waals surface area (Å²) in [5, 5.41) is 0. The normalized spacial score (nSPS) is 11.1. The van der Waals surface area contributed by atoms with Crippen LogP contribution in [0.25, 0.3) is 0 Å². The summed E-state index contributed by atoms with van der Waals surface area (Å²) in [7, 11) is 0. The molecule has 0 bridgehead atoms. The Morgan fingerprint density at radius 3 is 1.30 bits per heavy atom. The third kappa shape index (κ3) is 6.71. The van der Waals surface area contributed by atoms with Gasteiger partial charge in [-0.3, -0.25) is 0 Å². The van der Waals surface area contributed by atoms with Crippen LogP contribution in [0.3, 0.4) is 0 Å². The van der Waals surface area contributed by atoms with Gasteiger partial charge in [0.1, 0.15) is 0 Å². The Morgan fingerprint density at radius 1 is 0.696 bits per heavy atom. The quantitative estimate of drug-likeness (QED) is 0.519. The number of aromatic nitrogens is 1. The van der Waals surface area contributed by atoms with Crippen molar-refractivity contribution < 1.29 is 26.2 Å². The molecular weight excluding hydrogens is 357 g/mol. The van der Waals surface area contributed by atoms with Gasteiger partial charge in [-0.15, -0.1) is 0 Å². The summed E-state index contributed by atoms with van der Waals surface area (Å²) in [6, 6.07) is 14.0. The standard InChI is InChI=1S/C14H24N.C7H7.Zr/c1-9-10(2)12(14(6,7)8)15-11(9)13(3,4)5;1-2-4-6-7-5-3-1;/h1-8H3;1-7H;/q-1;+1;. The fraction of sp³-hybridized carbons (Fsp3) is 0.476. The number of nitrogens with zero attached hydrogens (tertiary/aromatic N) is 1. The minimum atomic E-state index is 0. The molecule has 0 atom stereocenters. The summed E-state index contributed by atoms with van der Waals surface area (Å²) in [5.74, 6) is 0. The van der Waals surface area contributed by atoms with E-state index in [0.29, 0.717) is 0 Å². The first-order valence-electron chi connectivity index (χ1n) is 8.03. The van der Waals surface area contributed by atoms with Crippen LogP contribution in [0.1, 0.15) is 64.1 Å². The van der Waals surface area contributed by atoms with E-state index in [1.807, 2.05) is 42.5 Å². The van der Waals surface area contributed by atoms with Crippen molar-refractivity contribution in [3.8, 4) is 0 Å². The zero-order chi connectivity index (χ0) is 17.0. The van der Waals surface area contributed by atoms with Crippen LogP contribution in [0.5, 0.6) is 0 Å². The molecule has 0 unspecified atom stereocenters. The van der Waals surface area contributed by atoms with Gasteiger partial charge < -0.3 is 4.98 Å². The van der Waals surface area contributed by atoms with Crippen LogP contribution >= 0.6 is 0 Å². The Bertz CT molecular complexity index is 518. The molecule has 2 heteroatoms. The van der Waals surface area contributed by atoms with Gasteiger partial charge >= 0.3 is 0 Å². The first kappa shape index (κ1) is 22.3. The molecule has 0 saturated carbocycles. The van der Waals surface area contributed by atoms with E-state index in [1.165, 1.54) is 22.5 Å².